The van der Waals surface area contributed by atoms with Gasteiger partial charge >= 0.3 is 0 Å². The SMILES string of the molecule is C.C.CC.CC1=NC=CC1.CCCCN.CCCN.CCCN=C(N)N. The van der Waals surface area contributed by atoms with E-state index in [4.69, 9.17) is 22.9 Å². The molecule has 1 rings (SSSR count). The molecule has 6 nitrogen and oxygen atoms in total. The number of aliphatic imine (C=N–C) groups is 2. The summed E-state index contributed by atoms with van der Waals surface area (Å²) in [5.41, 5.74) is 21.4. The van der Waals surface area contributed by atoms with Gasteiger partial charge in [0.1, 0.15) is 0 Å². The number of nitrogens with zero attached hydrogens (tertiary/aromatic N) is 2. The number of nitrogens with two attached hydrogens (primary N) is 4. The van der Waals surface area contributed by atoms with Crippen molar-refractivity contribution in [3.63, 3.8) is 0 Å². The Kier molecular flexibility index (Phi) is 66.6. The molecule has 0 aromatic carbocycles. The van der Waals surface area contributed by atoms with Crippen LogP contribution in [0.25, 0.3) is 0 Å². The van der Waals surface area contributed by atoms with Gasteiger partial charge < -0.3 is 22.9 Å². The van der Waals surface area contributed by atoms with Crippen molar-refractivity contribution in [2.45, 2.75) is 88.5 Å². The van der Waals surface area contributed by atoms with Crippen molar-refractivity contribution in [1.82, 2.24) is 0 Å². The molecule has 8 N–H and O–H groups in total. The van der Waals surface area contributed by atoms with Gasteiger partial charge in [0, 0.05) is 24.9 Å². The largest absolute Gasteiger partial charge is 0.370 e. The molecule has 0 aliphatic carbocycles. The van der Waals surface area contributed by atoms with Gasteiger partial charge in [-0.05, 0) is 39.3 Å². The van der Waals surface area contributed by atoms with E-state index in [1.54, 1.807) is 0 Å². The van der Waals surface area contributed by atoms with Crippen LogP contribution < -0.4 is 22.9 Å². The molecule has 0 amide bonds. The number of hydrogen-bond donors (Lipinski definition) is 4. The molecule has 6 heteroatoms. The normalized spacial score (nSPS) is 9.46. The van der Waals surface area contributed by atoms with Crippen LogP contribution in [0.1, 0.15) is 88.5 Å². The molecular weight excluding hydrogens is 324 g/mol. The van der Waals surface area contributed by atoms with Crippen LogP contribution >= 0.6 is 0 Å². The van der Waals surface area contributed by atoms with Gasteiger partial charge in [0.05, 0.1) is 0 Å². The maximum absolute atomic E-state index is 5.14. The number of unbranched alkanes of at least 4 members (excludes halogenated alkanes) is 1. The Morgan fingerprint density at radius 1 is 1.00 bits per heavy atom. The summed E-state index contributed by atoms with van der Waals surface area (Å²) in [6, 6.07) is 0. The van der Waals surface area contributed by atoms with E-state index in [1.165, 1.54) is 18.6 Å². The number of rotatable bonds is 5. The smallest absolute Gasteiger partial charge is 0.185 e. The van der Waals surface area contributed by atoms with Crippen LogP contribution in [-0.4, -0.2) is 31.3 Å². The fourth-order valence-corrected chi connectivity index (χ4v) is 0.901. The highest BCUT2D eigenvalue weighted by Gasteiger charge is 1.88. The second kappa shape index (κ2) is 43.7. The monoisotopic (exact) mass is 376 g/mol. The minimum atomic E-state index is 0. The Morgan fingerprint density at radius 3 is 1.58 bits per heavy atom. The van der Waals surface area contributed by atoms with Crippen LogP contribution in [0.4, 0.5) is 0 Å². The van der Waals surface area contributed by atoms with Gasteiger partial charge in [0.15, 0.2) is 5.96 Å². The van der Waals surface area contributed by atoms with Gasteiger partial charge in [-0.25, -0.2) is 0 Å². The fraction of sp³-hybridized carbons (Fsp3) is 0.800. The van der Waals surface area contributed by atoms with Crippen LogP contribution in [0.3, 0.4) is 0 Å². The van der Waals surface area contributed by atoms with E-state index in [9.17, 15) is 0 Å². The molecular formula is C20H52N6. The predicted octanol–water partition coefficient (Wildman–Crippen LogP) is 4.43. The van der Waals surface area contributed by atoms with E-state index in [1.807, 2.05) is 33.9 Å². The number of guanidine groups is 1. The van der Waals surface area contributed by atoms with Crippen molar-refractivity contribution in [1.29, 1.82) is 0 Å². The van der Waals surface area contributed by atoms with E-state index in [2.05, 4.69) is 29.9 Å². The molecule has 0 fully saturated rings. The summed E-state index contributed by atoms with van der Waals surface area (Å²) in [5.74, 6) is 0.182. The van der Waals surface area contributed by atoms with Crippen molar-refractivity contribution in [3.05, 3.63) is 12.3 Å². The van der Waals surface area contributed by atoms with Gasteiger partial charge in [0.2, 0.25) is 0 Å². The lowest BCUT2D eigenvalue weighted by Crippen LogP contribution is -2.22. The van der Waals surface area contributed by atoms with Gasteiger partial charge in [0.25, 0.3) is 0 Å². The molecule has 0 aromatic rings. The lowest BCUT2D eigenvalue weighted by molar-refractivity contribution is 0.807. The first-order chi connectivity index (χ1) is 11.5. The van der Waals surface area contributed by atoms with E-state index in [0.29, 0.717) is 0 Å². The van der Waals surface area contributed by atoms with Crippen LogP contribution in [0.2, 0.25) is 0 Å². The summed E-state index contributed by atoms with van der Waals surface area (Å²) >= 11 is 0. The highest BCUT2D eigenvalue weighted by molar-refractivity contribution is 5.85. The van der Waals surface area contributed by atoms with Crippen LogP contribution in [0.5, 0.6) is 0 Å². The summed E-state index contributed by atoms with van der Waals surface area (Å²) < 4.78 is 0. The van der Waals surface area contributed by atoms with Crippen LogP contribution in [0.15, 0.2) is 22.3 Å². The Balaban J connectivity index is -0.0000000492. The minimum absolute atomic E-state index is 0. The Hall–Kier alpha value is -1.40. The topological polar surface area (TPSA) is 129 Å². The number of allylic oxidation sites excluding steroid dienone is 1. The number of hydrogen-bond acceptors (Lipinski definition) is 4. The summed E-state index contributed by atoms with van der Waals surface area (Å²) in [7, 11) is 0. The standard InChI is InChI=1S/C5H7N.C4H11N3.C4H11N.C3H9N.C2H6.2CH4/c1-5-3-2-4-6-5;1-2-3-7-4(5)6;1-2-3-4-5;1-2-3-4;1-2;;/h2,4H,3H2,1H3;2-3H2,1H3,(H4,5,6,7);2-5H2,1H3;2-4H2,1H3;1-2H3;2*1H4. The molecule has 0 saturated carbocycles. The fourth-order valence-electron chi connectivity index (χ4n) is 0.901. The Morgan fingerprint density at radius 2 is 1.50 bits per heavy atom. The van der Waals surface area contributed by atoms with Crippen molar-refractivity contribution in [2.75, 3.05) is 19.6 Å². The van der Waals surface area contributed by atoms with Crippen molar-refractivity contribution >= 4 is 11.7 Å². The maximum atomic E-state index is 5.14. The third-order valence-corrected chi connectivity index (χ3v) is 2.18. The lowest BCUT2D eigenvalue weighted by atomic mass is 10.3. The third kappa shape index (κ3) is 66.4. The lowest BCUT2D eigenvalue weighted by Gasteiger charge is -1.86. The second-order valence-electron chi connectivity index (χ2n) is 4.69. The van der Waals surface area contributed by atoms with Gasteiger partial charge in [-0.15, -0.1) is 0 Å². The van der Waals surface area contributed by atoms with Crippen molar-refractivity contribution in [2.24, 2.45) is 32.9 Å². The average molecular weight is 377 g/mol. The summed E-state index contributed by atoms with van der Waals surface area (Å²) in [6.07, 6.45) is 9.43. The van der Waals surface area contributed by atoms with Crippen molar-refractivity contribution in [3.8, 4) is 0 Å². The van der Waals surface area contributed by atoms with Crippen LogP contribution in [-0.2, 0) is 0 Å². The molecule has 1 aliphatic rings. The molecule has 0 radical (unpaired) electrons. The maximum Gasteiger partial charge on any atom is 0.185 e. The Labute approximate surface area is 165 Å². The zero-order valence-corrected chi connectivity index (χ0v) is 17.0. The van der Waals surface area contributed by atoms with E-state index < -0.39 is 0 Å². The molecule has 0 aromatic heterocycles. The molecule has 0 bridgehead atoms. The second-order valence-corrected chi connectivity index (χ2v) is 4.69. The van der Waals surface area contributed by atoms with E-state index in [-0.39, 0.29) is 20.8 Å². The molecule has 0 saturated heterocycles. The predicted molar refractivity (Wildman–Crippen MR) is 126 cm³/mol. The molecule has 0 unspecified atom stereocenters. The van der Waals surface area contributed by atoms with Crippen molar-refractivity contribution < 1.29 is 0 Å². The zero-order chi connectivity index (χ0) is 19.6. The van der Waals surface area contributed by atoms with E-state index in [0.717, 1.165) is 38.9 Å². The average Bonchev–Trinajstić information content (AvgIpc) is 3.08. The highest BCUT2D eigenvalue weighted by Crippen LogP contribution is 1.96. The van der Waals surface area contributed by atoms with E-state index >= 15 is 0 Å². The molecule has 0 atom stereocenters. The quantitative estimate of drug-likeness (QED) is 0.417. The third-order valence-electron chi connectivity index (χ3n) is 2.18. The van der Waals surface area contributed by atoms with Crippen LogP contribution in [0, 0.1) is 0 Å². The first kappa shape index (κ1) is 39.6. The molecule has 26 heavy (non-hydrogen) atoms. The first-order valence-electron chi connectivity index (χ1n) is 9.13. The highest BCUT2D eigenvalue weighted by atomic mass is 15.0. The molecule has 1 aliphatic heterocycles. The summed E-state index contributed by atoms with van der Waals surface area (Å²) in [5, 5.41) is 0. The summed E-state index contributed by atoms with van der Waals surface area (Å²) in [6.45, 7) is 14.6. The zero-order valence-electron chi connectivity index (χ0n) is 17.0. The van der Waals surface area contributed by atoms with Gasteiger partial charge in [-0.3, -0.25) is 9.98 Å². The summed E-state index contributed by atoms with van der Waals surface area (Å²) in [4.78, 5) is 7.69. The minimum Gasteiger partial charge on any atom is -0.370 e. The molecule has 162 valence electrons. The first-order valence-corrected chi connectivity index (χ1v) is 9.13. The Bertz CT molecular complexity index is 278. The molecule has 0 spiro atoms. The molecule has 1 heterocycles. The van der Waals surface area contributed by atoms with Gasteiger partial charge in [-0.1, -0.05) is 62.0 Å². The van der Waals surface area contributed by atoms with Gasteiger partial charge in [-0.2, -0.15) is 0 Å².